The average molecular weight is 359 g/mol. The number of alkyl halides is 3. The van der Waals surface area contributed by atoms with Crippen molar-refractivity contribution in [2.75, 3.05) is 6.54 Å². The van der Waals surface area contributed by atoms with Crippen molar-refractivity contribution in [3.8, 4) is 0 Å². The molecule has 0 spiro atoms. The first-order valence-electron chi connectivity index (χ1n) is 6.16. The van der Waals surface area contributed by atoms with E-state index in [0.717, 1.165) is 6.07 Å². The van der Waals surface area contributed by atoms with Gasteiger partial charge in [0.25, 0.3) is 0 Å². The van der Waals surface area contributed by atoms with Crippen LogP contribution in [0.1, 0.15) is 19.4 Å². The average Bonchev–Trinajstić information content (AvgIpc) is 2.37. The van der Waals surface area contributed by atoms with Gasteiger partial charge < -0.3 is 5.32 Å². The lowest BCUT2D eigenvalue weighted by Crippen LogP contribution is -2.44. The van der Waals surface area contributed by atoms with Crippen molar-refractivity contribution in [2.24, 2.45) is 0 Å². The molecule has 0 radical (unpaired) electrons. The van der Waals surface area contributed by atoms with Crippen molar-refractivity contribution in [1.29, 1.82) is 0 Å². The zero-order chi connectivity index (χ0) is 17.1. The molecular formula is C12H14ClF3N2O3S. The molecule has 22 heavy (non-hydrogen) atoms. The van der Waals surface area contributed by atoms with Crippen LogP contribution in [0, 0.1) is 0 Å². The fourth-order valence-electron chi connectivity index (χ4n) is 1.56. The summed E-state index contributed by atoms with van der Waals surface area (Å²) >= 11 is 5.67. The van der Waals surface area contributed by atoms with Crippen LogP contribution in [0.15, 0.2) is 23.1 Å². The molecular weight excluding hydrogens is 345 g/mol. The summed E-state index contributed by atoms with van der Waals surface area (Å²) in [4.78, 5) is 10.8. The van der Waals surface area contributed by atoms with Gasteiger partial charge in [-0.25, -0.2) is 8.42 Å². The number of hydrogen-bond acceptors (Lipinski definition) is 3. The Kier molecular flexibility index (Phi) is 5.82. The van der Waals surface area contributed by atoms with Crippen molar-refractivity contribution in [3.05, 3.63) is 28.8 Å². The monoisotopic (exact) mass is 358 g/mol. The third-order valence-electron chi connectivity index (χ3n) is 2.62. The van der Waals surface area contributed by atoms with Crippen molar-refractivity contribution < 1.29 is 26.4 Å². The number of benzene rings is 1. The second kappa shape index (κ2) is 6.84. The van der Waals surface area contributed by atoms with E-state index < -0.39 is 38.6 Å². The Labute approximate surface area is 130 Å². The Morgan fingerprint density at radius 2 is 1.95 bits per heavy atom. The van der Waals surface area contributed by atoms with Crippen LogP contribution in [0.5, 0.6) is 0 Å². The molecule has 0 aliphatic heterocycles. The van der Waals surface area contributed by atoms with Crippen molar-refractivity contribution >= 4 is 27.5 Å². The predicted molar refractivity (Wildman–Crippen MR) is 74.9 cm³/mol. The minimum absolute atomic E-state index is 0.287. The lowest BCUT2D eigenvalue weighted by molar-refractivity contribution is -0.137. The fourth-order valence-corrected chi connectivity index (χ4v) is 3.29. The van der Waals surface area contributed by atoms with Crippen molar-refractivity contribution in [2.45, 2.75) is 31.0 Å². The largest absolute Gasteiger partial charge is 0.416 e. The maximum Gasteiger partial charge on any atom is 0.416 e. The van der Waals surface area contributed by atoms with Gasteiger partial charge in [0.2, 0.25) is 15.9 Å². The molecule has 124 valence electrons. The molecule has 0 unspecified atom stereocenters. The molecule has 0 saturated heterocycles. The molecule has 10 heteroatoms. The van der Waals surface area contributed by atoms with Gasteiger partial charge in [0, 0.05) is 6.54 Å². The number of nitrogens with one attached hydrogen (secondary N) is 2. The van der Waals surface area contributed by atoms with Crippen LogP contribution in [0.2, 0.25) is 5.02 Å². The SMILES string of the molecule is CCNC(=O)[C@@H](C)NS(=O)(=O)c1cc(C(F)(F)F)ccc1Cl. The highest BCUT2D eigenvalue weighted by Crippen LogP contribution is 2.33. The molecule has 1 aromatic rings. The first-order chi connectivity index (χ1) is 9.99. The molecule has 1 rings (SSSR count). The standard InChI is InChI=1S/C12H14ClF3N2O3S/c1-3-17-11(19)7(2)18-22(20,21)10-6-8(12(14,15)16)4-5-9(10)13/h4-7,18H,3H2,1-2H3,(H,17,19)/t7-/m1/s1. The molecule has 0 heterocycles. The van der Waals surface area contributed by atoms with E-state index in [9.17, 15) is 26.4 Å². The summed E-state index contributed by atoms with van der Waals surface area (Å²) in [6.45, 7) is 3.20. The van der Waals surface area contributed by atoms with Crippen LogP contribution in [0.25, 0.3) is 0 Å². The van der Waals surface area contributed by atoms with E-state index in [1.165, 1.54) is 6.92 Å². The van der Waals surface area contributed by atoms with E-state index in [-0.39, 0.29) is 11.6 Å². The van der Waals surface area contributed by atoms with Crippen LogP contribution in [-0.4, -0.2) is 26.9 Å². The summed E-state index contributed by atoms with van der Waals surface area (Å²) in [5.41, 5.74) is -1.15. The van der Waals surface area contributed by atoms with Gasteiger partial charge >= 0.3 is 6.18 Å². The van der Waals surface area contributed by atoms with E-state index in [2.05, 4.69) is 5.32 Å². The summed E-state index contributed by atoms with van der Waals surface area (Å²) in [6, 6.07) is 0.787. The Morgan fingerprint density at radius 3 is 2.45 bits per heavy atom. The van der Waals surface area contributed by atoms with E-state index in [1.54, 1.807) is 6.92 Å². The first-order valence-corrected chi connectivity index (χ1v) is 8.02. The third kappa shape index (κ3) is 4.59. The normalized spacial score (nSPS) is 13.7. The lowest BCUT2D eigenvalue weighted by atomic mass is 10.2. The number of carbonyl (C=O) groups is 1. The second-order valence-electron chi connectivity index (χ2n) is 4.38. The molecule has 1 aromatic carbocycles. The second-order valence-corrected chi connectivity index (χ2v) is 6.47. The minimum Gasteiger partial charge on any atom is -0.355 e. The van der Waals surface area contributed by atoms with Crippen molar-refractivity contribution in [3.63, 3.8) is 0 Å². The zero-order valence-electron chi connectivity index (χ0n) is 11.7. The van der Waals surface area contributed by atoms with Crippen LogP contribution in [0.4, 0.5) is 13.2 Å². The number of hydrogen-bond donors (Lipinski definition) is 2. The van der Waals surface area contributed by atoms with Gasteiger partial charge in [-0.05, 0) is 32.0 Å². The maximum atomic E-state index is 12.7. The molecule has 1 amide bonds. The first kappa shape index (κ1) is 18.7. The third-order valence-corrected chi connectivity index (χ3v) is 4.65. The molecule has 0 aliphatic carbocycles. The highest BCUT2D eigenvalue weighted by molar-refractivity contribution is 7.89. The number of carbonyl (C=O) groups excluding carboxylic acids is 1. The van der Waals surface area contributed by atoms with Gasteiger partial charge in [0.1, 0.15) is 4.90 Å². The molecule has 0 bridgehead atoms. The molecule has 2 N–H and O–H groups in total. The smallest absolute Gasteiger partial charge is 0.355 e. The van der Waals surface area contributed by atoms with Gasteiger partial charge in [-0.15, -0.1) is 0 Å². The molecule has 0 saturated carbocycles. The van der Waals surface area contributed by atoms with Gasteiger partial charge in [-0.2, -0.15) is 17.9 Å². The molecule has 0 aromatic heterocycles. The number of rotatable bonds is 5. The van der Waals surface area contributed by atoms with Crippen LogP contribution in [0.3, 0.4) is 0 Å². The Hall–Kier alpha value is -1.32. The summed E-state index contributed by atoms with van der Waals surface area (Å²) in [5.74, 6) is -0.603. The maximum absolute atomic E-state index is 12.7. The summed E-state index contributed by atoms with van der Waals surface area (Å²) in [6.07, 6.45) is -4.71. The van der Waals surface area contributed by atoms with Gasteiger partial charge in [0.05, 0.1) is 16.6 Å². The minimum atomic E-state index is -4.71. The molecule has 1 atom stereocenters. The Morgan fingerprint density at radius 1 is 1.36 bits per heavy atom. The van der Waals surface area contributed by atoms with Crippen LogP contribution in [-0.2, 0) is 21.0 Å². The molecule has 5 nitrogen and oxygen atoms in total. The summed E-state index contributed by atoms with van der Waals surface area (Å²) in [7, 11) is -4.38. The van der Waals surface area contributed by atoms with Crippen molar-refractivity contribution in [1.82, 2.24) is 10.0 Å². The van der Waals surface area contributed by atoms with Crippen LogP contribution >= 0.6 is 11.6 Å². The van der Waals surface area contributed by atoms with Gasteiger partial charge in [0.15, 0.2) is 0 Å². The lowest BCUT2D eigenvalue weighted by Gasteiger charge is -2.15. The van der Waals surface area contributed by atoms with Gasteiger partial charge in [-0.3, -0.25) is 4.79 Å². The highest BCUT2D eigenvalue weighted by Gasteiger charge is 2.33. The quantitative estimate of drug-likeness (QED) is 0.847. The summed E-state index contributed by atoms with van der Waals surface area (Å²) < 4.78 is 64.2. The number of amides is 1. The topological polar surface area (TPSA) is 75.3 Å². The predicted octanol–water partition coefficient (Wildman–Crippen LogP) is 2.16. The zero-order valence-corrected chi connectivity index (χ0v) is 13.2. The van der Waals surface area contributed by atoms with Crippen LogP contribution < -0.4 is 10.0 Å². The summed E-state index contributed by atoms with van der Waals surface area (Å²) in [5, 5.41) is 2.02. The highest BCUT2D eigenvalue weighted by atomic mass is 35.5. The van der Waals surface area contributed by atoms with E-state index in [1.807, 2.05) is 4.72 Å². The Balaban J connectivity index is 3.15. The van der Waals surface area contributed by atoms with E-state index >= 15 is 0 Å². The van der Waals surface area contributed by atoms with Gasteiger partial charge in [-0.1, -0.05) is 11.6 Å². The number of likely N-dealkylation sites (N-methyl/N-ethyl adjacent to an activating group) is 1. The number of sulfonamides is 1. The molecule has 0 fully saturated rings. The Bertz CT molecular complexity index is 662. The number of halogens is 4. The molecule has 0 aliphatic rings. The van der Waals surface area contributed by atoms with E-state index in [4.69, 9.17) is 11.6 Å². The van der Waals surface area contributed by atoms with E-state index in [0.29, 0.717) is 12.1 Å². The fraction of sp³-hybridized carbons (Fsp3) is 0.417.